The number of carbonyl (C=O) groups excluding carboxylic acids is 2. The van der Waals surface area contributed by atoms with E-state index in [0.29, 0.717) is 19.1 Å². The van der Waals surface area contributed by atoms with E-state index in [1.54, 1.807) is 4.90 Å². The van der Waals surface area contributed by atoms with Crippen molar-refractivity contribution in [3.05, 3.63) is 24.3 Å². The topological polar surface area (TPSA) is 61.9 Å². The molecule has 2 aliphatic heterocycles. The van der Waals surface area contributed by atoms with Gasteiger partial charge in [-0.05, 0) is 64.0 Å². The zero-order valence-corrected chi connectivity index (χ0v) is 16.6. The standard InChI is InChI=1S/C21H31N3O3/c1-4-23-11-5-6-18(23)13-22-21(26)16-12-20(25)24(14-16)17-7-9-19(10-8-17)27-15(2)3/h7-10,15-16,18H,4-6,11-14H2,1-3H3,(H,22,26)/t16-,18-/m1/s1. The minimum Gasteiger partial charge on any atom is -0.491 e. The lowest BCUT2D eigenvalue weighted by Crippen LogP contribution is -2.42. The van der Waals surface area contributed by atoms with Gasteiger partial charge in [-0.2, -0.15) is 0 Å². The van der Waals surface area contributed by atoms with Crippen LogP contribution in [0.25, 0.3) is 0 Å². The molecule has 2 saturated heterocycles. The molecule has 1 aromatic rings. The molecule has 2 atom stereocenters. The summed E-state index contributed by atoms with van der Waals surface area (Å²) < 4.78 is 5.65. The highest BCUT2D eigenvalue weighted by Gasteiger charge is 2.35. The second-order valence-electron chi connectivity index (χ2n) is 7.74. The van der Waals surface area contributed by atoms with Crippen molar-refractivity contribution in [3.8, 4) is 5.75 Å². The summed E-state index contributed by atoms with van der Waals surface area (Å²) >= 11 is 0. The monoisotopic (exact) mass is 373 g/mol. The summed E-state index contributed by atoms with van der Waals surface area (Å²) in [6.45, 7) is 9.37. The van der Waals surface area contributed by atoms with Crippen LogP contribution >= 0.6 is 0 Å². The van der Waals surface area contributed by atoms with Gasteiger partial charge in [-0.3, -0.25) is 14.5 Å². The first-order valence-electron chi connectivity index (χ1n) is 10.1. The van der Waals surface area contributed by atoms with Gasteiger partial charge in [-0.25, -0.2) is 0 Å². The second kappa shape index (κ2) is 8.74. The average molecular weight is 373 g/mol. The molecule has 1 N–H and O–H groups in total. The second-order valence-corrected chi connectivity index (χ2v) is 7.74. The van der Waals surface area contributed by atoms with Gasteiger partial charge < -0.3 is 15.0 Å². The molecular weight excluding hydrogens is 342 g/mol. The molecule has 0 saturated carbocycles. The number of anilines is 1. The zero-order valence-electron chi connectivity index (χ0n) is 16.6. The van der Waals surface area contributed by atoms with Crippen LogP contribution in [0.15, 0.2) is 24.3 Å². The molecule has 6 heteroatoms. The van der Waals surface area contributed by atoms with Crippen LogP contribution in [-0.2, 0) is 9.59 Å². The molecule has 2 fully saturated rings. The van der Waals surface area contributed by atoms with Crippen molar-refractivity contribution in [1.29, 1.82) is 0 Å². The maximum absolute atomic E-state index is 12.6. The van der Waals surface area contributed by atoms with Crippen LogP contribution in [0, 0.1) is 5.92 Å². The van der Waals surface area contributed by atoms with Crippen molar-refractivity contribution >= 4 is 17.5 Å². The van der Waals surface area contributed by atoms with E-state index in [-0.39, 0.29) is 30.3 Å². The Bertz CT molecular complexity index is 659. The number of likely N-dealkylation sites (N-methyl/N-ethyl adjacent to an activating group) is 1. The smallest absolute Gasteiger partial charge is 0.227 e. The van der Waals surface area contributed by atoms with E-state index in [2.05, 4.69) is 17.1 Å². The number of carbonyl (C=O) groups is 2. The van der Waals surface area contributed by atoms with Crippen molar-refractivity contribution in [2.45, 2.75) is 52.2 Å². The van der Waals surface area contributed by atoms with Crippen molar-refractivity contribution in [1.82, 2.24) is 10.2 Å². The highest BCUT2D eigenvalue weighted by molar-refractivity contribution is 6.00. The van der Waals surface area contributed by atoms with E-state index < -0.39 is 0 Å². The van der Waals surface area contributed by atoms with Crippen LogP contribution in [0.1, 0.15) is 40.0 Å². The Morgan fingerprint density at radius 3 is 2.70 bits per heavy atom. The summed E-state index contributed by atoms with van der Waals surface area (Å²) in [5.41, 5.74) is 0.819. The fourth-order valence-electron chi connectivity index (χ4n) is 4.01. The Balaban J connectivity index is 1.54. The number of nitrogens with one attached hydrogen (secondary N) is 1. The number of hydrogen-bond donors (Lipinski definition) is 1. The third kappa shape index (κ3) is 4.80. The van der Waals surface area contributed by atoms with E-state index in [9.17, 15) is 9.59 Å². The van der Waals surface area contributed by atoms with Gasteiger partial charge in [-0.1, -0.05) is 6.92 Å². The first-order chi connectivity index (χ1) is 13.0. The highest BCUT2D eigenvalue weighted by Crippen LogP contribution is 2.27. The van der Waals surface area contributed by atoms with E-state index in [0.717, 1.165) is 30.9 Å². The molecule has 148 valence electrons. The number of nitrogens with zero attached hydrogens (tertiary/aromatic N) is 2. The number of likely N-dealkylation sites (tertiary alicyclic amines) is 1. The van der Waals surface area contributed by atoms with Crippen LogP contribution in [0.3, 0.4) is 0 Å². The SMILES string of the molecule is CCN1CCC[C@@H]1CNC(=O)[C@@H]1CC(=O)N(c2ccc(OC(C)C)cc2)C1. The number of rotatable bonds is 7. The molecule has 0 spiro atoms. The van der Waals surface area contributed by atoms with E-state index >= 15 is 0 Å². The summed E-state index contributed by atoms with van der Waals surface area (Å²) in [7, 11) is 0. The van der Waals surface area contributed by atoms with Crippen LogP contribution in [0.2, 0.25) is 0 Å². The van der Waals surface area contributed by atoms with Gasteiger partial charge in [-0.15, -0.1) is 0 Å². The molecule has 2 heterocycles. The van der Waals surface area contributed by atoms with Gasteiger partial charge in [0.2, 0.25) is 11.8 Å². The van der Waals surface area contributed by atoms with Crippen molar-refractivity contribution in [2.24, 2.45) is 5.92 Å². The van der Waals surface area contributed by atoms with Gasteiger partial charge in [0.05, 0.1) is 12.0 Å². The molecule has 0 radical (unpaired) electrons. The van der Waals surface area contributed by atoms with Gasteiger partial charge >= 0.3 is 0 Å². The first kappa shape index (κ1) is 19.7. The first-order valence-corrected chi connectivity index (χ1v) is 10.1. The Morgan fingerprint density at radius 2 is 2.04 bits per heavy atom. The van der Waals surface area contributed by atoms with Gasteiger partial charge in [0, 0.05) is 31.2 Å². The normalized spacial score (nSPS) is 23.3. The molecule has 1 aromatic carbocycles. The Morgan fingerprint density at radius 1 is 1.30 bits per heavy atom. The fourth-order valence-corrected chi connectivity index (χ4v) is 4.01. The van der Waals surface area contributed by atoms with Crippen molar-refractivity contribution in [2.75, 3.05) is 31.1 Å². The fraction of sp³-hybridized carbons (Fsp3) is 0.619. The van der Waals surface area contributed by atoms with Crippen LogP contribution in [0.4, 0.5) is 5.69 Å². The van der Waals surface area contributed by atoms with E-state index in [4.69, 9.17) is 4.74 Å². The lowest BCUT2D eigenvalue weighted by molar-refractivity contribution is -0.126. The van der Waals surface area contributed by atoms with Crippen LogP contribution < -0.4 is 15.0 Å². The predicted molar refractivity (Wildman–Crippen MR) is 106 cm³/mol. The maximum atomic E-state index is 12.6. The lowest BCUT2D eigenvalue weighted by atomic mass is 10.1. The Kier molecular flexibility index (Phi) is 6.37. The van der Waals surface area contributed by atoms with E-state index in [1.165, 1.54) is 6.42 Å². The Labute approximate surface area is 161 Å². The summed E-state index contributed by atoms with van der Waals surface area (Å²) in [5, 5.41) is 3.07. The van der Waals surface area contributed by atoms with Crippen molar-refractivity contribution < 1.29 is 14.3 Å². The number of hydrogen-bond acceptors (Lipinski definition) is 4. The molecule has 27 heavy (non-hydrogen) atoms. The zero-order chi connectivity index (χ0) is 19.4. The summed E-state index contributed by atoms with van der Waals surface area (Å²) in [5.74, 6) is 0.504. The molecular formula is C21H31N3O3. The lowest BCUT2D eigenvalue weighted by Gasteiger charge is -2.23. The third-order valence-corrected chi connectivity index (χ3v) is 5.43. The number of ether oxygens (including phenoxy) is 1. The Hall–Kier alpha value is -2.08. The van der Waals surface area contributed by atoms with E-state index in [1.807, 2.05) is 38.1 Å². The summed E-state index contributed by atoms with van der Waals surface area (Å²) in [6, 6.07) is 7.94. The molecule has 0 aliphatic carbocycles. The van der Waals surface area contributed by atoms with Gasteiger partial charge in [0.1, 0.15) is 5.75 Å². The third-order valence-electron chi connectivity index (χ3n) is 5.43. The average Bonchev–Trinajstić information content (AvgIpc) is 3.26. The van der Waals surface area contributed by atoms with Gasteiger partial charge in [0.25, 0.3) is 0 Å². The molecule has 0 bridgehead atoms. The maximum Gasteiger partial charge on any atom is 0.227 e. The summed E-state index contributed by atoms with van der Waals surface area (Å²) in [4.78, 5) is 29.1. The minimum atomic E-state index is -0.277. The molecule has 2 aliphatic rings. The van der Waals surface area contributed by atoms with Crippen LogP contribution in [0.5, 0.6) is 5.75 Å². The van der Waals surface area contributed by atoms with Crippen molar-refractivity contribution in [3.63, 3.8) is 0 Å². The summed E-state index contributed by atoms with van der Waals surface area (Å²) in [6.07, 6.45) is 2.72. The molecule has 3 rings (SSSR count). The quantitative estimate of drug-likeness (QED) is 0.797. The highest BCUT2D eigenvalue weighted by atomic mass is 16.5. The predicted octanol–water partition coefficient (Wildman–Crippen LogP) is 2.43. The molecule has 0 aromatic heterocycles. The molecule has 2 amide bonds. The number of amides is 2. The molecule has 0 unspecified atom stereocenters. The van der Waals surface area contributed by atoms with Crippen LogP contribution in [-0.4, -0.2) is 55.0 Å². The largest absolute Gasteiger partial charge is 0.491 e. The molecule has 6 nitrogen and oxygen atoms in total. The minimum absolute atomic E-state index is 0.00345. The number of benzene rings is 1. The van der Waals surface area contributed by atoms with Gasteiger partial charge in [0.15, 0.2) is 0 Å².